The third kappa shape index (κ3) is 5.94. The quantitative estimate of drug-likeness (QED) is 0.0867. The van der Waals surface area contributed by atoms with E-state index in [9.17, 15) is 10.1 Å². The Bertz CT molecular complexity index is 2000. The van der Waals surface area contributed by atoms with E-state index in [1.165, 1.54) is 22.3 Å². The number of benzene rings is 7. The molecule has 7 aromatic rings. The molecule has 0 amide bonds. The SMILES string of the molecule is O=[N+]([O-])c1ccccc1Cc1ccc([C](c2ccccc2)c2ccc(C(c3ccccc3)(c3ccccc3)c3ccccc3)cc2)cc1. The van der Waals surface area contributed by atoms with Crippen molar-refractivity contribution < 1.29 is 4.92 Å². The summed E-state index contributed by atoms with van der Waals surface area (Å²) in [6.45, 7) is 0. The lowest BCUT2D eigenvalue weighted by Crippen LogP contribution is -2.31. The van der Waals surface area contributed by atoms with E-state index in [4.69, 9.17) is 0 Å². The molecule has 0 aliphatic heterocycles. The van der Waals surface area contributed by atoms with Gasteiger partial charge < -0.3 is 0 Å². The fraction of sp³-hybridized carbons (Fsp3) is 0.0444. The molecule has 3 heteroatoms. The Morgan fingerprint density at radius 1 is 0.438 bits per heavy atom. The van der Waals surface area contributed by atoms with Crippen LogP contribution in [0.25, 0.3) is 0 Å². The first kappa shape index (κ1) is 30.6. The van der Waals surface area contributed by atoms with Gasteiger partial charge in [0.15, 0.2) is 0 Å². The van der Waals surface area contributed by atoms with Crippen LogP contribution in [0.3, 0.4) is 0 Å². The van der Waals surface area contributed by atoms with Gasteiger partial charge >= 0.3 is 0 Å². The second-order valence-electron chi connectivity index (χ2n) is 11.9. The molecule has 7 rings (SSSR count). The second kappa shape index (κ2) is 13.7. The first-order chi connectivity index (χ1) is 23.6. The van der Waals surface area contributed by atoms with Gasteiger partial charge in [0.05, 0.1) is 16.3 Å². The van der Waals surface area contributed by atoms with E-state index in [-0.39, 0.29) is 10.6 Å². The number of hydrogen-bond acceptors (Lipinski definition) is 2. The molecule has 3 nitrogen and oxygen atoms in total. The number of nitro benzene ring substituents is 1. The van der Waals surface area contributed by atoms with E-state index in [0.717, 1.165) is 28.2 Å². The molecule has 0 heterocycles. The van der Waals surface area contributed by atoms with Crippen molar-refractivity contribution in [1.82, 2.24) is 0 Å². The lowest BCUT2D eigenvalue weighted by Gasteiger charge is -2.37. The lowest BCUT2D eigenvalue weighted by molar-refractivity contribution is -0.385. The molecule has 0 atom stereocenters. The van der Waals surface area contributed by atoms with Crippen LogP contribution < -0.4 is 0 Å². The van der Waals surface area contributed by atoms with Gasteiger partial charge in [-0.05, 0) is 44.5 Å². The average Bonchev–Trinajstić information content (AvgIpc) is 3.15. The van der Waals surface area contributed by atoms with Gasteiger partial charge in [-0.2, -0.15) is 0 Å². The van der Waals surface area contributed by atoms with Gasteiger partial charge in [-0.15, -0.1) is 0 Å². The molecule has 0 spiro atoms. The van der Waals surface area contributed by atoms with Crippen molar-refractivity contribution in [2.75, 3.05) is 0 Å². The van der Waals surface area contributed by atoms with Gasteiger partial charge in [-0.3, -0.25) is 10.1 Å². The van der Waals surface area contributed by atoms with Gasteiger partial charge in [0, 0.05) is 18.1 Å². The number of nitrogens with zero attached hydrogens (tertiary/aromatic N) is 1. The highest BCUT2D eigenvalue weighted by molar-refractivity contribution is 5.63. The van der Waals surface area contributed by atoms with Crippen LogP contribution in [0.15, 0.2) is 194 Å². The monoisotopic (exact) mass is 620 g/mol. The van der Waals surface area contributed by atoms with E-state index < -0.39 is 5.41 Å². The molecule has 0 aromatic heterocycles. The van der Waals surface area contributed by atoms with Gasteiger partial charge in [0.1, 0.15) is 0 Å². The minimum absolute atomic E-state index is 0.149. The van der Waals surface area contributed by atoms with Crippen molar-refractivity contribution in [3.63, 3.8) is 0 Å². The van der Waals surface area contributed by atoms with Gasteiger partial charge in [-0.1, -0.05) is 188 Å². The van der Waals surface area contributed by atoms with Crippen LogP contribution in [0.5, 0.6) is 0 Å². The summed E-state index contributed by atoms with van der Waals surface area (Å²) in [5, 5.41) is 11.6. The molecule has 0 fully saturated rings. The Morgan fingerprint density at radius 2 is 0.812 bits per heavy atom. The second-order valence-corrected chi connectivity index (χ2v) is 11.9. The van der Waals surface area contributed by atoms with E-state index in [1.54, 1.807) is 12.1 Å². The van der Waals surface area contributed by atoms with Crippen LogP contribution in [0.2, 0.25) is 0 Å². The zero-order chi connectivity index (χ0) is 32.8. The third-order valence-corrected chi connectivity index (χ3v) is 9.11. The molecule has 7 aromatic carbocycles. The van der Waals surface area contributed by atoms with Crippen molar-refractivity contribution in [3.8, 4) is 0 Å². The summed E-state index contributed by atoms with van der Waals surface area (Å²) in [4.78, 5) is 11.3. The predicted octanol–water partition coefficient (Wildman–Crippen LogP) is 10.6. The van der Waals surface area contributed by atoms with E-state index in [0.29, 0.717) is 12.0 Å². The third-order valence-electron chi connectivity index (χ3n) is 9.11. The zero-order valence-corrected chi connectivity index (χ0v) is 26.4. The molecule has 0 saturated carbocycles. The van der Waals surface area contributed by atoms with Crippen molar-refractivity contribution in [2.45, 2.75) is 11.8 Å². The predicted molar refractivity (Wildman–Crippen MR) is 194 cm³/mol. The topological polar surface area (TPSA) is 43.1 Å². The minimum Gasteiger partial charge on any atom is -0.258 e. The first-order valence-corrected chi connectivity index (χ1v) is 16.2. The van der Waals surface area contributed by atoms with Crippen molar-refractivity contribution in [3.05, 3.63) is 260 Å². The summed E-state index contributed by atoms with van der Waals surface area (Å²) >= 11 is 0. The summed E-state index contributed by atoms with van der Waals surface area (Å²) in [5.74, 6) is 1.13. The molecule has 48 heavy (non-hydrogen) atoms. The Balaban J connectivity index is 1.32. The van der Waals surface area contributed by atoms with E-state index in [2.05, 4.69) is 164 Å². The molecule has 0 aliphatic carbocycles. The molecule has 231 valence electrons. The van der Waals surface area contributed by atoms with E-state index in [1.807, 2.05) is 18.2 Å². The smallest absolute Gasteiger partial charge is 0.258 e. The first-order valence-electron chi connectivity index (χ1n) is 16.2. The average molecular weight is 621 g/mol. The maximum absolute atomic E-state index is 11.6. The summed E-state index contributed by atoms with van der Waals surface area (Å²) in [6, 6.07) is 67.1. The highest BCUT2D eigenvalue weighted by Gasteiger charge is 2.38. The summed E-state index contributed by atoms with van der Waals surface area (Å²) in [6.07, 6.45) is 0.493. The Morgan fingerprint density at radius 3 is 1.29 bits per heavy atom. The number of hydrogen-bond donors (Lipinski definition) is 0. The standard InChI is InChI=1S/C45H34NO2/c47-46(48)43-24-14-13-17-38(43)33-34-25-27-36(28-26-34)44(35-15-5-1-6-16-35)37-29-31-42(32-30-37)45(39-18-7-2-8-19-39,40-20-9-3-10-21-40)41-22-11-4-12-23-41/h1-32H,33H2. The molecule has 0 unspecified atom stereocenters. The summed E-state index contributed by atoms with van der Waals surface area (Å²) in [7, 11) is 0. The maximum atomic E-state index is 11.6. The normalized spacial score (nSPS) is 11.4. The fourth-order valence-corrected chi connectivity index (χ4v) is 6.90. The minimum atomic E-state index is -0.517. The Kier molecular flexibility index (Phi) is 8.76. The fourth-order valence-electron chi connectivity index (χ4n) is 6.90. The highest BCUT2D eigenvalue weighted by Crippen LogP contribution is 2.45. The molecule has 0 bridgehead atoms. The molecular formula is C45H34NO2. The maximum Gasteiger partial charge on any atom is 0.272 e. The zero-order valence-electron chi connectivity index (χ0n) is 26.4. The Hall–Kier alpha value is -6.06. The van der Waals surface area contributed by atoms with Crippen molar-refractivity contribution in [1.29, 1.82) is 0 Å². The van der Waals surface area contributed by atoms with Crippen LogP contribution in [0.1, 0.15) is 50.1 Å². The lowest BCUT2D eigenvalue weighted by atomic mass is 9.65. The number of rotatable bonds is 10. The molecule has 0 aliphatic rings. The summed E-state index contributed by atoms with van der Waals surface area (Å²) in [5.41, 5.74) is 9.47. The number of para-hydroxylation sites is 1. The van der Waals surface area contributed by atoms with Gasteiger partial charge in [0.2, 0.25) is 0 Å². The van der Waals surface area contributed by atoms with Crippen LogP contribution in [0, 0.1) is 16.0 Å². The molecule has 0 saturated heterocycles. The molecule has 0 N–H and O–H groups in total. The van der Waals surface area contributed by atoms with Gasteiger partial charge in [-0.25, -0.2) is 0 Å². The van der Waals surface area contributed by atoms with Crippen LogP contribution >= 0.6 is 0 Å². The molecular weight excluding hydrogens is 587 g/mol. The van der Waals surface area contributed by atoms with Gasteiger partial charge in [0.25, 0.3) is 5.69 Å². The van der Waals surface area contributed by atoms with Crippen LogP contribution in [-0.4, -0.2) is 4.92 Å². The van der Waals surface area contributed by atoms with E-state index >= 15 is 0 Å². The molecule has 1 radical (unpaired) electrons. The van der Waals surface area contributed by atoms with Crippen molar-refractivity contribution >= 4 is 5.69 Å². The largest absolute Gasteiger partial charge is 0.272 e. The Labute approximate surface area is 282 Å². The van der Waals surface area contributed by atoms with Crippen molar-refractivity contribution in [2.24, 2.45) is 0 Å². The summed E-state index contributed by atoms with van der Waals surface area (Å²) < 4.78 is 0. The highest BCUT2D eigenvalue weighted by atomic mass is 16.6. The number of nitro groups is 1. The van der Waals surface area contributed by atoms with Crippen LogP contribution in [-0.2, 0) is 11.8 Å². The van der Waals surface area contributed by atoms with Crippen LogP contribution in [0.4, 0.5) is 5.69 Å².